The maximum absolute atomic E-state index is 12.6. The topological polar surface area (TPSA) is 58.6 Å². The first kappa shape index (κ1) is 17.1. The Morgan fingerprint density at radius 2 is 2.00 bits per heavy atom. The van der Waals surface area contributed by atoms with Crippen LogP contribution in [-0.2, 0) is 9.53 Å². The van der Waals surface area contributed by atoms with Crippen molar-refractivity contribution >= 4 is 29.3 Å². The highest BCUT2D eigenvalue weighted by Gasteiger charge is 2.51. The van der Waals surface area contributed by atoms with Gasteiger partial charge in [-0.1, -0.05) is 6.07 Å². The largest absolute Gasteiger partial charge is 0.465 e. The summed E-state index contributed by atoms with van der Waals surface area (Å²) in [4.78, 5) is 26.2. The average molecular weight is 348 g/mol. The van der Waals surface area contributed by atoms with E-state index in [9.17, 15) is 9.59 Å². The predicted molar refractivity (Wildman–Crippen MR) is 96.5 cm³/mol. The van der Waals surface area contributed by atoms with Gasteiger partial charge in [0.25, 0.3) is 0 Å². The molecule has 3 rings (SSSR count). The molecule has 0 spiro atoms. The third-order valence-electron chi connectivity index (χ3n) is 4.92. The monoisotopic (exact) mass is 348 g/mol. The summed E-state index contributed by atoms with van der Waals surface area (Å²) in [6.45, 7) is 1.60. The van der Waals surface area contributed by atoms with Crippen molar-refractivity contribution in [2.24, 2.45) is 0 Å². The Morgan fingerprint density at radius 1 is 1.29 bits per heavy atom. The summed E-state index contributed by atoms with van der Waals surface area (Å²) in [5.41, 5.74) is 1.47. The summed E-state index contributed by atoms with van der Waals surface area (Å²) >= 11 is 1.70. The molecule has 6 heteroatoms. The molecule has 24 heavy (non-hydrogen) atoms. The third-order valence-corrected chi connectivity index (χ3v) is 6.29. The molecule has 0 bridgehead atoms. The fourth-order valence-electron chi connectivity index (χ4n) is 3.22. The lowest BCUT2D eigenvalue weighted by Crippen LogP contribution is -2.46. The SMILES string of the molecule is COC(=O)c1cccc(NC2CCN(C(=O)C3(SC)CC3)CC2)c1. The minimum Gasteiger partial charge on any atom is -0.465 e. The number of amides is 1. The molecule has 0 aromatic heterocycles. The number of carbonyl (C=O) groups excluding carboxylic acids is 2. The fraction of sp³-hybridized carbons (Fsp3) is 0.556. The first-order valence-corrected chi connectivity index (χ1v) is 9.60. The van der Waals surface area contributed by atoms with Crippen LogP contribution in [0.4, 0.5) is 5.69 Å². The lowest BCUT2D eigenvalue weighted by Gasteiger charge is -2.34. The lowest BCUT2D eigenvalue weighted by molar-refractivity contribution is -0.132. The van der Waals surface area contributed by atoms with Gasteiger partial charge in [-0.15, -0.1) is 11.8 Å². The van der Waals surface area contributed by atoms with E-state index in [4.69, 9.17) is 4.74 Å². The van der Waals surface area contributed by atoms with Crippen molar-refractivity contribution in [2.45, 2.75) is 36.5 Å². The number of ether oxygens (including phenoxy) is 1. The van der Waals surface area contributed by atoms with Crippen LogP contribution >= 0.6 is 11.8 Å². The molecule has 1 amide bonds. The second kappa shape index (κ2) is 7.05. The van der Waals surface area contributed by atoms with E-state index in [1.165, 1.54) is 7.11 Å². The number of thioether (sulfide) groups is 1. The Kier molecular flexibility index (Phi) is 5.04. The second-order valence-electron chi connectivity index (χ2n) is 6.48. The molecule has 1 saturated carbocycles. The minimum absolute atomic E-state index is 0.116. The van der Waals surface area contributed by atoms with Crippen molar-refractivity contribution in [1.29, 1.82) is 0 Å². The first-order valence-electron chi connectivity index (χ1n) is 8.37. The number of nitrogens with one attached hydrogen (secondary N) is 1. The molecule has 0 radical (unpaired) electrons. The molecule has 0 atom stereocenters. The van der Waals surface area contributed by atoms with E-state index in [0.29, 0.717) is 17.5 Å². The quantitative estimate of drug-likeness (QED) is 0.829. The Hall–Kier alpha value is -1.69. The molecule has 1 aliphatic heterocycles. The van der Waals surface area contributed by atoms with Crippen molar-refractivity contribution < 1.29 is 14.3 Å². The summed E-state index contributed by atoms with van der Waals surface area (Å²) < 4.78 is 4.64. The van der Waals surface area contributed by atoms with Crippen molar-refractivity contribution in [3.63, 3.8) is 0 Å². The summed E-state index contributed by atoms with van der Waals surface area (Å²) in [6.07, 6.45) is 5.93. The third kappa shape index (κ3) is 3.53. The zero-order valence-electron chi connectivity index (χ0n) is 14.2. The molecular weight excluding hydrogens is 324 g/mol. The van der Waals surface area contributed by atoms with Gasteiger partial charge in [0.05, 0.1) is 17.4 Å². The van der Waals surface area contributed by atoms with E-state index in [1.807, 2.05) is 29.4 Å². The van der Waals surface area contributed by atoms with Gasteiger partial charge in [0.1, 0.15) is 0 Å². The van der Waals surface area contributed by atoms with Crippen LogP contribution in [0.1, 0.15) is 36.0 Å². The second-order valence-corrected chi connectivity index (χ2v) is 7.67. The van der Waals surface area contributed by atoms with E-state index in [-0.39, 0.29) is 10.7 Å². The number of piperidine rings is 1. The van der Waals surface area contributed by atoms with E-state index in [2.05, 4.69) is 5.32 Å². The van der Waals surface area contributed by atoms with Crippen molar-refractivity contribution in [1.82, 2.24) is 4.90 Å². The molecule has 1 aliphatic carbocycles. The van der Waals surface area contributed by atoms with Gasteiger partial charge in [-0.05, 0) is 50.1 Å². The van der Waals surface area contributed by atoms with Crippen LogP contribution in [0.25, 0.3) is 0 Å². The Balaban J connectivity index is 1.54. The van der Waals surface area contributed by atoms with Crippen LogP contribution in [0.5, 0.6) is 0 Å². The van der Waals surface area contributed by atoms with Gasteiger partial charge in [0.15, 0.2) is 0 Å². The Morgan fingerprint density at radius 3 is 2.58 bits per heavy atom. The normalized spacial score (nSPS) is 19.7. The number of methoxy groups -OCH3 is 1. The van der Waals surface area contributed by atoms with Crippen molar-refractivity contribution in [3.8, 4) is 0 Å². The Labute approximate surface area is 147 Å². The van der Waals surface area contributed by atoms with Crippen LogP contribution in [0.3, 0.4) is 0 Å². The smallest absolute Gasteiger partial charge is 0.337 e. The molecule has 1 saturated heterocycles. The average Bonchev–Trinajstić information content (AvgIpc) is 3.42. The fourth-order valence-corrected chi connectivity index (χ4v) is 4.04. The van der Waals surface area contributed by atoms with Gasteiger partial charge in [0, 0.05) is 24.8 Å². The Bertz CT molecular complexity index is 622. The minimum atomic E-state index is -0.328. The highest BCUT2D eigenvalue weighted by atomic mass is 32.2. The maximum atomic E-state index is 12.6. The first-order chi connectivity index (χ1) is 11.6. The molecular formula is C18H24N2O3S. The number of anilines is 1. The van der Waals surface area contributed by atoms with E-state index >= 15 is 0 Å². The standard InChI is InChI=1S/C18H24N2O3S/c1-23-16(21)13-4-3-5-15(12-13)19-14-6-10-20(11-7-14)17(22)18(24-2)8-9-18/h3-5,12,14,19H,6-11H2,1-2H3. The molecule has 2 aliphatic rings. The summed E-state index contributed by atoms with van der Waals surface area (Å²) in [7, 11) is 1.39. The molecule has 2 fully saturated rings. The number of rotatable bonds is 5. The van der Waals surface area contributed by atoms with E-state index in [0.717, 1.165) is 44.5 Å². The van der Waals surface area contributed by atoms with Crippen LogP contribution < -0.4 is 5.32 Å². The number of hydrogen-bond donors (Lipinski definition) is 1. The van der Waals surface area contributed by atoms with E-state index in [1.54, 1.807) is 17.8 Å². The molecule has 1 aromatic carbocycles. The molecule has 1 N–H and O–H groups in total. The van der Waals surface area contributed by atoms with Gasteiger partial charge in [-0.2, -0.15) is 0 Å². The predicted octanol–water partition coefficient (Wildman–Crippen LogP) is 2.77. The van der Waals surface area contributed by atoms with E-state index < -0.39 is 0 Å². The van der Waals surface area contributed by atoms with Crippen molar-refractivity contribution in [2.75, 3.05) is 31.8 Å². The number of hydrogen-bond acceptors (Lipinski definition) is 5. The molecule has 1 heterocycles. The van der Waals surface area contributed by atoms with Crippen LogP contribution in [0.2, 0.25) is 0 Å². The highest BCUT2D eigenvalue weighted by Crippen LogP contribution is 2.48. The summed E-state index contributed by atoms with van der Waals surface area (Å²) in [5, 5.41) is 3.48. The summed E-state index contributed by atoms with van der Waals surface area (Å²) in [5.74, 6) is -0.00741. The van der Waals surface area contributed by atoms with Crippen LogP contribution in [0, 0.1) is 0 Å². The zero-order valence-corrected chi connectivity index (χ0v) is 15.0. The highest BCUT2D eigenvalue weighted by molar-refractivity contribution is 8.01. The van der Waals surface area contributed by atoms with Crippen LogP contribution in [0.15, 0.2) is 24.3 Å². The number of esters is 1. The van der Waals surface area contributed by atoms with Gasteiger partial charge in [0.2, 0.25) is 5.91 Å². The molecule has 130 valence electrons. The van der Waals surface area contributed by atoms with Gasteiger partial charge >= 0.3 is 5.97 Å². The molecule has 0 unspecified atom stereocenters. The molecule has 5 nitrogen and oxygen atoms in total. The van der Waals surface area contributed by atoms with Gasteiger partial charge < -0.3 is 15.0 Å². The lowest BCUT2D eigenvalue weighted by atomic mass is 10.0. The number of carbonyl (C=O) groups is 2. The van der Waals surface area contributed by atoms with Gasteiger partial charge in [-0.25, -0.2) is 4.79 Å². The maximum Gasteiger partial charge on any atom is 0.337 e. The number of nitrogens with zero attached hydrogens (tertiary/aromatic N) is 1. The number of benzene rings is 1. The summed E-state index contributed by atoms with van der Waals surface area (Å²) in [6, 6.07) is 7.69. The van der Waals surface area contributed by atoms with Crippen molar-refractivity contribution in [3.05, 3.63) is 29.8 Å². The molecule has 1 aromatic rings. The van der Waals surface area contributed by atoms with Crippen LogP contribution in [-0.4, -0.2) is 54.0 Å². The zero-order chi connectivity index (χ0) is 17.2. The number of likely N-dealkylation sites (tertiary alicyclic amines) is 1. The van der Waals surface area contributed by atoms with Gasteiger partial charge in [-0.3, -0.25) is 4.79 Å².